The molecule has 0 aliphatic heterocycles. The van der Waals surface area contributed by atoms with Crippen LogP contribution in [-0.2, 0) is 16.1 Å². The number of hydrogen-bond acceptors (Lipinski definition) is 2. The minimum absolute atomic E-state index is 0.286. The number of hydrogen-bond donors (Lipinski definition) is 0. The number of rotatable bonds is 6. The summed E-state index contributed by atoms with van der Waals surface area (Å²) in [6.07, 6.45) is 4.14. The van der Waals surface area contributed by atoms with Gasteiger partial charge in [0.15, 0.2) is 0 Å². The fourth-order valence-electron chi connectivity index (χ4n) is 1.32. The number of unbranched alkanes of at least 4 members (excludes halogenated alkanes) is 1. The molecule has 2 nitrogen and oxygen atoms in total. The predicted molar refractivity (Wildman–Crippen MR) is 69.7 cm³/mol. The molecule has 1 aromatic rings. The van der Waals surface area contributed by atoms with Crippen molar-refractivity contribution in [3.05, 3.63) is 47.0 Å². The van der Waals surface area contributed by atoms with Gasteiger partial charge in [-0.3, -0.25) is 0 Å². The third-order valence-corrected chi connectivity index (χ3v) is 2.57. The fraction of sp³-hybridized carbons (Fsp3) is 0.357. The van der Waals surface area contributed by atoms with Crippen LogP contribution in [-0.4, -0.2) is 5.97 Å². The van der Waals surface area contributed by atoms with Crippen LogP contribution in [0, 0.1) is 0 Å². The topological polar surface area (TPSA) is 26.3 Å². The van der Waals surface area contributed by atoms with E-state index in [4.69, 9.17) is 16.3 Å². The first kappa shape index (κ1) is 13.8. The van der Waals surface area contributed by atoms with Crippen LogP contribution in [0.15, 0.2) is 41.4 Å². The molecule has 0 unspecified atom stereocenters. The highest BCUT2D eigenvalue weighted by atomic mass is 35.5. The van der Waals surface area contributed by atoms with Crippen molar-refractivity contribution in [2.75, 3.05) is 0 Å². The van der Waals surface area contributed by atoms with Crippen LogP contribution in [0.2, 0.25) is 0 Å². The molecule has 17 heavy (non-hydrogen) atoms. The van der Waals surface area contributed by atoms with Gasteiger partial charge in [-0.25, -0.2) is 4.79 Å². The lowest BCUT2D eigenvalue weighted by molar-refractivity contribution is -0.139. The number of benzene rings is 1. The molecule has 0 fully saturated rings. The van der Waals surface area contributed by atoms with Crippen molar-refractivity contribution < 1.29 is 9.53 Å². The lowest BCUT2D eigenvalue weighted by Gasteiger charge is -2.02. The van der Waals surface area contributed by atoms with E-state index in [1.807, 2.05) is 30.3 Å². The van der Waals surface area contributed by atoms with E-state index in [1.165, 1.54) is 6.08 Å². The Morgan fingerprint density at radius 2 is 2.06 bits per heavy atom. The van der Waals surface area contributed by atoms with Gasteiger partial charge < -0.3 is 4.74 Å². The molecule has 0 atom stereocenters. The molecule has 0 heterocycles. The fourth-order valence-corrected chi connectivity index (χ4v) is 1.54. The van der Waals surface area contributed by atoms with Crippen LogP contribution in [0.1, 0.15) is 31.7 Å². The van der Waals surface area contributed by atoms with E-state index in [1.54, 1.807) is 0 Å². The molecule has 0 aromatic heterocycles. The average Bonchev–Trinajstić information content (AvgIpc) is 2.35. The van der Waals surface area contributed by atoms with Crippen LogP contribution in [0.5, 0.6) is 0 Å². The first-order valence-corrected chi connectivity index (χ1v) is 6.17. The molecular formula is C14H17ClO2. The SMILES string of the molecule is CCCC/C(Cl)=C/C(=O)OCc1ccccc1. The van der Waals surface area contributed by atoms with Crippen molar-refractivity contribution in [3.8, 4) is 0 Å². The Balaban J connectivity index is 2.35. The number of esters is 1. The van der Waals surface area contributed by atoms with Crippen LogP contribution < -0.4 is 0 Å². The maximum absolute atomic E-state index is 11.4. The van der Waals surface area contributed by atoms with E-state index in [0.29, 0.717) is 5.03 Å². The summed E-state index contributed by atoms with van der Waals surface area (Å²) >= 11 is 5.90. The molecule has 0 saturated heterocycles. The Morgan fingerprint density at radius 3 is 2.71 bits per heavy atom. The number of carbonyl (C=O) groups is 1. The minimum atomic E-state index is -0.380. The molecule has 1 aromatic carbocycles. The van der Waals surface area contributed by atoms with Crippen LogP contribution >= 0.6 is 11.6 Å². The summed E-state index contributed by atoms with van der Waals surface area (Å²) < 4.78 is 5.08. The van der Waals surface area contributed by atoms with Gasteiger partial charge in [0.1, 0.15) is 6.61 Å². The second-order valence-electron chi connectivity index (χ2n) is 3.79. The average molecular weight is 253 g/mol. The summed E-state index contributed by atoms with van der Waals surface area (Å²) in [4.78, 5) is 11.4. The van der Waals surface area contributed by atoms with E-state index < -0.39 is 0 Å². The third kappa shape index (κ3) is 6.12. The summed E-state index contributed by atoms with van der Waals surface area (Å²) in [7, 11) is 0. The molecule has 3 heteroatoms. The number of carbonyl (C=O) groups excluding carboxylic acids is 1. The molecule has 0 spiro atoms. The molecule has 0 N–H and O–H groups in total. The molecule has 0 bridgehead atoms. The lowest BCUT2D eigenvalue weighted by Crippen LogP contribution is -2.01. The van der Waals surface area contributed by atoms with E-state index in [-0.39, 0.29) is 12.6 Å². The highest BCUT2D eigenvalue weighted by molar-refractivity contribution is 6.30. The molecule has 1 rings (SSSR count). The third-order valence-electron chi connectivity index (χ3n) is 2.27. The van der Waals surface area contributed by atoms with Gasteiger partial charge in [0.05, 0.1) is 0 Å². The quantitative estimate of drug-likeness (QED) is 0.564. The minimum Gasteiger partial charge on any atom is -0.458 e. The van der Waals surface area contributed by atoms with Gasteiger partial charge in [-0.15, -0.1) is 0 Å². The Morgan fingerprint density at radius 1 is 1.35 bits per heavy atom. The normalized spacial score (nSPS) is 11.3. The molecular weight excluding hydrogens is 236 g/mol. The summed E-state index contributed by atoms with van der Waals surface area (Å²) in [6, 6.07) is 9.57. The van der Waals surface area contributed by atoms with Crippen molar-refractivity contribution in [3.63, 3.8) is 0 Å². The first-order valence-electron chi connectivity index (χ1n) is 5.79. The van der Waals surface area contributed by atoms with E-state index in [0.717, 1.165) is 24.8 Å². The summed E-state index contributed by atoms with van der Waals surface area (Å²) in [6.45, 7) is 2.37. The molecule has 0 saturated carbocycles. The monoisotopic (exact) mass is 252 g/mol. The number of ether oxygens (including phenoxy) is 1. The van der Waals surface area contributed by atoms with Crippen LogP contribution in [0.3, 0.4) is 0 Å². The zero-order valence-corrected chi connectivity index (χ0v) is 10.7. The second-order valence-corrected chi connectivity index (χ2v) is 4.27. The van der Waals surface area contributed by atoms with Crippen molar-refractivity contribution in [1.82, 2.24) is 0 Å². The zero-order valence-electron chi connectivity index (χ0n) is 9.99. The zero-order chi connectivity index (χ0) is 12.5. The number of allylic oxidation sites excluding steroid dienone is 1. The van der Waals surface area contributed by atoms with Crippen LogP contribution in [0.25, 0.3) is 0 Å². The summed E-state index contributed by atoms with van der Waals surface area (Å²) in [5, 5.41) is 0.560. The number of halogens is 1. The van der Waals surface area contributed by atoms with Crippen molar-refractivity contribution in [1.29, 1.82) is 0 Å². The molecule has 0 amide bonds. The summed E-state index contributed by atoms with van der Waals surface area (Å²) in [5.41, 5.74) is 0.971. The Bertz CT molecular complexity index is 371. The maximum atomic E-state index is 11.4. The van der Waals surface area contributed by atoms with Crippen LogP contribution in [0.4, 0.5) is 0 Å². The van der Waals surface area contributed by atoms with Gasteiger partial charge in [-0.1, -0.05) is 55.3 Å². The van der Waals surface area contributed by atoms with Gasteiger partial charge in [0, 0.05) is 11.1 Å². The van der Waals surface area contributed by atoms with Gasteiger partial charge in [0.25, 0.3) is 0 Å². The van der Waals surface area contributed by atoms with Gasteiger partial charge in [-0.05, 0) is 18.4 Å². The van der Waals surface area contributed by atoms with Gasteiger partial charge >= 0.3 is 5.97 Å². The molecule has 0 radical (unpaired) electrons. The Labute approximate surface area is 107 Å². The Hall–Kier alpha value is -1.28. The summed E-state index contributed by atoms with van der Waals surface area (Å²) in [5.74, 6) is -0.380. The first-order chi connectivity index (χ1) is 8.22. The van der Waals surface area contributed by atoms with Crippen molar-refractivity contribution >= 4 is 17.6 Å². The Kier molecular flexibility index (Phi) is 6.41. The van der Waals surface area contributed by atoms with E-state index in [2.05, 4.69) is 6.92 Å². The van der Waals surface area contributed by atoms with E-state index >= 15 is 0 Å². The second kappa shape index (κ2) is 7.91. The molecule has 0 aliphatic rings. The van der Waals surface area contributed by atoms with E-state index in [9.17, 15) is 4.79 Å². The van der Waals surface area contributed by atoms with Gasteiger partial charge in [-0.2, -0.15) is 0 Å². The molecule has 92 valence electrons. The van der Waals surface area contributed by atoms with Crippen molar-refractivity contribution in [2.45, 2.75) is 32.8 Å². The van der Waals surface area contributed by atoms with Crippen molar-refractivity contribution in [2.24, 2.45) is 0 Å². The largest absolute Gasteiger partial charge is 0.458 e. The smallest absolute Gasteiger partial charge is 0.332 e. The molecule has 0 aliphatic carbocycles. The maximum Gasteiger partial charge on any atom is 0.332 e. The van der Waals surface area contributed by atoms with Gasteiger partial charge in [0.2, 0.25) is 0 Å². The predicted octanol–water partition coefficient (Wildman–Crippen LogP) is 4.04. The highest BCUT2D eigenvalue weighted by Crippen LogP contribution is 2.12. The standard InChI is InChI=1S/C14H17ClO2/c1-2-3-9-13(15)10-14(16)17-11-12-7-5-4-6-8-12/h4-8,10H,2-3,9,11H2,1H3/b13-10-. The highest BCUT2D eigenvalue weighted by Gasteiger charge is 2.01. The lowest BCUT2D eigenvalue weighted by atomic mass is 10.2.